The fraction of sp³-hybridized carbons (Fsp3) is 0.968. The van der Waals surface area contributed by atoms with Crippen molar-refractivity contribution in [1.82, 2.24) is 5.32 Å². The van der Waals surface area contributed by atoms with Gasteiger partial charge in [0.2, 0.25) is 5.91 Å². The van der Waals surface area contributed by atoms with Crippen LogP contribution in [0.2, 0.25) is 0 Å². The van der Waals surface area contributed by atoms with Gasteiger partial charge in [-0.2, -0.15) is 0 Å². The van der Waals surface area contributed by atoms with Gasteiger partial charge in [0, 0.05) is 12.8 Å². The van der Waals surface area contributed by atoms with E-state index in [-0.39, 0.29) is 18.5 Å². The van der Waals surface area contributed by atoms with Crippen molar-refractivity contribution in [3.8, 4) is 0 Å². The molecular formula is C62H123NO5. The van der Waals surface area contributed by atoms with Crippen LogP contribution in [0.15, 0.2) is 0 Å². The summed E-state index contributed by atoms with van der Waals surface area (Å²) in [7, 11) is 0. The second-order valence-corrected chi connectivity index (χ2v) is 21.8. The lowest BCUT2D eigenvalue weighted by molar-refractivity contribution is -0.143. The highest BCUT2D eigenvalue weighted by Gasteiger charge is 2.20. The van der Waals surface area contributed by atoms with Crippen LogP contribution in [0.3, 0.4) is 0 Å². The van der Waals surface area contributed by atoms with Gasteiger partial charge in [-0.05, 0) is 25.7 Å². The number of nitrogens with one attached hydrogen (secondary N) is 1. The average molecular weight is 963 g/mol. The van der Waals surface area contributed by atoms with E-state index in [0.29, 0.717) is 25.9 Å². The minimum absolute atomic E-state index is 0.00332. The molecule has 0 saturated heterocycles. The van der Waals surface area contributed by atoms with Gasteiger partial charge in [0.1, 0.15) is 0 Å². The summed E-state index contributed by atoms with van der Waals surface area (Å²) in [5.41, 5.74) is 0. The summed E-state index contributed by atoms with van der Waals surface area (Å²) in [5.74, 6) is -0.0374. The second kappa shape index (κ2) is 58.4. The van der Waals surface area contributed by atoms with Gasteiger partial charge in [0.25, 0.3) is 0 Å². The Hall–Kier alpha value is -1.14. The summed E-state index contributed by atoms with van der Waals surface area (Å²) < 4.78 is 5.49. The van der Waals surface area contributed by atoms with Crippen LogP contribution in [-0.4, -0.2) is 47.4 Å². The molecule has 0 fully saturated rings. The Kier molecular flexibility index (Phi) is 57.5. The Labute approximate surface area is 426 Å². The van der Waals surface area contributed by atoms with E-state index in [1.165, 1.54) is 276 Å². The van der Waals surface area contributed by atoms with Crippen LogP contribution in [0, 0.1) is 0 Å². The largest absolute Gasteiger partial charge is 0.466 e. The summed E-state index contributed by atoms with van der Waals surface area (Å²) >= 11 is 0. The third-order valence-electron chi connectivity index (χ3n) is 14.9. The van der Waals surface area contributed by atoms with Crippen LogP contribution in [-0.2, 0) is 14.3 Å². The number of ether oxygens (including phenoxy) is 1. The Balaban J connectivity index is 3.41. The van der Waals surface area contributed by atoms with Crippen LogP contribution < -0.4 is 5.32 Å². The molecule has 3 N–H and O–H groups in total. The van der Waals surface area contributed by atoms with E-state index >= 15 is 0 Å². The first-order valence-corrected chi connectivity index (χ1v) is 31.3. The van der Waals surface area contributed by atoms with Crippen LogP contribution in [0.1, 0.15) is 361 Å². The molecule has 0 aromatic rings. The summed E-state index contributed by atoms with van der Waals surface area (Å²) in [6.07, 6.45) is 68.2. The van der Waals surface area contributed by atoms with E-state index in [0.717, 1.165) is 51.4 Å². The molecule has 406 valence electrons. The van der Waals surface area contributed by atoms with Gasteiger partial charge in [-0.1, -0.05) is 322 Å². The zero-order chi connectivity index (χ0) is 49.3. The van der Waals surface area contributed by atoms with Gasteiger partial charge in [0.15, 0.2) is 0 Å². The van der Waals surface area contributed by atoms with Crippen molar-refractivity contribution in [3.05, 3.63) is 0 Å². The second-order valence-electron chi connectivity index (χ2n) is 21.8. The molecule has 0 aromatic carbocycles. The molecular weight excluding hydrogens is 839 g/mol. The number of aliphatic hydroxyl groups is 2. The van der Waals surface area contributed by atoms with E-state index in [9.17, 15) is 19.8 Å². The maximum Gasteiger partial charge on any atom is 0.305 e. The number of hydrogen-bond acceptors (Lipinski definition) is 5. The van der Waals surface area contributed by atoms with Crippen molar-refractivity contribution in [1.29, 1.82) is 0 Å². The molecule has 0 bridgehead atoms. The van der Waals surface area contributed by atoms with Gasteiger partial charge in [-0.25, -0.2) is 0 Å². The van der Waals surface area contributed by atoms with Crippen LogP contribution in [0.4, 0.5) is 0 Å². The summed E-state index contributed by atoms with van der Waals surface area (Å²) in [6, 6.07) is -0.549. The van der Waals surface area contributed by atoms with Crippen molar-refractivity contribution in [3.63, 3.8) is 0 Å². The van der Waals surface area contributed by atoms with E-state index in [4.69, 9.17) is 4.74 Å². The Bertz CT molecular complexity index is 975. The van der Waals surface area contributed by atoms with E-state index in [1.54, 1.807) is 0 Å². The highest BCUT2D eigenvalue weighted by molar-refractivity contribution is 5.76. The van der Waals surface area contributed by atoms with Gasteiger partial charge < -0.3 is 20.3 Å². The smallest absolute Gasteiger partial charge is 0.305 e. The third-order valence-corrected chi connectivity index (χ3v) is 14.9. The standard InChI is InChI=1S/C62H123NO5/c1-3-5-7-9-11-13-15-17-19-21-22-23-25-26-30-34-38-42-46-50-54-60(65)59(58-64)63-61(66)55-51-47-43-39-35-31-28-29-33-37-41-45-49-53-57-68-62(67)56-52-48-44-40-36-32-27-24-20-18-16-14-12-10-8-6-4-2/h59-60,64-65H,3-58H2,1-2H3,(H,63,66). The summed E-state index contributed by atoms with van der Waals surface area (Å²) in [6.45, 7) is 4.97. The molecule has 0 saturated carbocycles. The number of carbonyl (C=O) groups is 2. The zero-order valence-corrected chi connectivity index (χ0v) is 46.4. The topological polar surface area (TPSA) is 95.9 Å². The van der Waals surface area contributed by atoms with E-state index < -0.39 is 12.1 Å². The SMILES string of the molecule is CCCCCCCCCCCCCCCCCCCCCCC(O)C(CO)NC(=O)CCCCCCCCCCCCCCCCOC(=O)CCCCCCCCCCCCCCCCCCC. The van der Waals surface area contributed by atoms with Crippen molar-refractivity contribution >= 4 is 11.9 Å². The Morgan fingerprint density at radius 3 is 0.897 bits per heavy atom. The minimum atomic E-state index is -0.671. The molecule has 2 unspecified atom stereocenters. The number of rotatable bonds is 59. The molecule has 1 amide bonds. The first-order valence-electron chi connectivity index (χ1n) is 31.3. The molecule has 68 heavy (non-hydrogen) atoms. The molecule has 0 aliphatic rings. The van der Waals surface area contributed by atoms with Gasteiger partial charge in [-0.15, -0.1) is 0 Å². The molecule has 0 spiro atoms. The average Bonchev–Trinajstić information content (AvgIpc) is 3.34. The molecule has 0 radical (unpaired) electrons. The molecule has 6 nitrogen and oxygen atoms in total. The molecule has 0 aliphatic heterocycles. The van der Waals surface area contributed by atoms with E-state index in [2.05, 4.69) is 19.2 Å². The lowest BCUT2D eigenvalue weighted by Gasteiger charge is -2.22. The first kappa shape index (κ1) is 66.9. The molecule has 0 aromatic heterocycles. The lowest BCUT2D eigenvalue weighted by atomic mass is 10.0. The normalized spacial score (nSPS) is 12.5. The molecule has 2 atom stereocenters. The van der Waals surface area contributed by atoms with Crippen LogP contribution >= 0.6 is 0 Å². The maximum atomic E-state index is 12.5. The molecule has 0 rings (SSSR count). The Morgan fingerprint density at radius 1 is 0.353 bits per heavy atom. The van der Waals surface area contributed by atoms with E-state index in [1.807, 2.05) is 0 Å². The monoisotopic (exact) mass is 962 g/mol. The quantitative estimate of drug-likeness (QED) is 0.0417. The Morgan fingerprint density at radius 2 is 0.603 bits per heavy atom. The number of aliphatic hydroxyl groups excluding tert-OH is 2. The predicted molar refractivity (Wildman–Crippen MR) is 297 cm³/mol. The number of esters is 1. The summed E-state index contributed by atoms with van der Waals surface area (Å²) in [4.78, 5) is 24.6. The van der Waals surface area contributed by atoms with Gasteiger partial charge >= 0.3 is 5.97 Å². The zero-order valence-electron chi connectivity index (χ0n) is 46.4. The van der Waals surface area contributed by atoms with Crippen molar-refractivity contribution < 1.29 is 24.5 Å². The van der Waals surface area contributed by atoms with Crippen LogP contribution in [0.5, 0.6) is 0 Å². The van der Waals surface area contributed by atoms with Crippen molar-refractivity contribution in [2.45, 2.75) is 373 Å². The predicted octanol–water partition coefficient (Wildman–Crippen LogP) is 19.5. The summed E-state index contributed by atoms with van der Waals surface area (Å²) in [5, 5.41) is 23.4. The highest BCUT2D eigenvalue weighted by atomic mass is 16.5. The molecule has 0 heterocycles. The van der Waals surface area contributed by atoms with Gasteiger partial charge in [0.05, 0.1) is 25.4 Å². The molecule has 6 heteroatoms. The fourth-order valence-electron chi connectivity index (χ4n) is 10.1. The van der Waals surface area contributed by atoms with Gasteiger partial charge in [-0.3, -0.25) is 9.59 Å². The number of hydrogen-bond donors (Lipinski definition) is 3. The van der Waals surface area contributed by atoms with Crippen LogP contribution in [0.25, 0.3) is 0 Å². The van der Waals surface area contributed by atoms with Crippen molar-refractivity contribution in [2.24, 2.45) is 0 Å². The highest BCUT2D eigenvalue weighted by Crippen LogP contribution is 2.19. The number of amides is 1. The van der Waals surface area contributed by atoms with Crippen molar-refractivity contribution in [2.75, 3.05) is 13.2 Å². The lowest BCUT2D eigenvalue weighted by Crippen LogP contribution is -2.45. The minimum Gasteiger partial charge on any atom is -0.466 e. The fourth-order valence-corrected chi connectivity index (χ4v) is 10.1. The number of carbonyl (C=O) groups excluding carboxylic acids is 2. The maximum absolute atomic E-state index is 12.5. The molecule has 0 aliphatic carbocycles. The third kappa shape index (κ3) is 54.2. The first-order chi connectivity index (χ1) is 33.5. The number of unbranched alkanes of at least 4 members (excludes halogenated alkanes) is 48.